The van der Waals surface area contributed by atoms with Crippen molar-refractivity contribution in [3.63, 3.8) is 0 Å². The minimum absolute atomic E-state index is 0. The van der Waals surface area contributed by atoms with Crippen LogP contribution in [-0.4, -0.2) is 24.7 Å². The summed E-state index contributed by atoms with van der Waals surface area (Å²) < 4.78 is 11.0. The Hall–Kier alpha value is -2.79. The highest BCUT2D eigenvalue weighted by atomic mass is 79.9. The molecule has 0 aliphatic rings. The summed E-state index contributed by atoms with van der Waals surface area (Å²) >= 11 is 0. The zero-order valence-electron chi connectivity index (χ0n) is 14.6. The molecular weight excluding hydrogens is 471 g/mol. The van der Waals surface area contributed by atoms with Gasteiger partial charge in [-0.25, -0.2) is 0 Å². The van der Waals surface area contributed by atoms with E-state index in [1.165, 1.54) is 6.07 Å². The van der Waals surface area contributed by atoms with Gasteiger partial charge >= 0.3 is 18.7 Å². The van der Waals surface area contributed by atoms with Gasteiger partial charge in [0.05, 0.1) is 22.1 Å². The van der Waals surface area contributed by atoms with Crippen molar-refractivity contribution in [1.82, 2.24) is 9.97 Å². The number of H-pyrrole nitrogens is 2. The van der Waals surface area contributed by atoms with Gasteiger partial charge < -0.3 is 25.1 Å². The zero-order chi connectivity index (χ0) is 20.5. The summed E-state index contributed by atoms with van der Waals surface area (Å²) in [4.78, 5) is 56.3. The maximum absolute atomic E-state index is 11.6. The van der Waals surface area contributed by atoms with E-state index < -0.39 is 23.6 Å². The molecule has 0 radical (unpaired) electrons. The normalized spacial score (nSPS) is 11.1. The SMILES string of the molecule is Br.O=c1[nH]c2cc([N+](=O)[O-])cc(CNc3ccc(CP(=O)(O)O)cc3)c2[nH]c1=O. The van der Waals surface area contributed by atoms with Crippen molar-refractivity contribution in [3.8, 4) is 0 Å². The highest BCUT2D eigenvalue weighted by Gasteiger charge is 2.15. The number of non-ortho nitro benzene ring substituents is 1. The molecule has 0 aliphatic carbocycles. The lowest BCUT2D eigenvalue weighted by Gasteiger charge is -2.10. The molecule has 11 nitrogen and oxygen atoms in total. The number of anilines is 1. The molecule has 1 aromatic heterocycles. The summed E-state index contributed by atoms with van der Waals surface area (Å²) in [7, 11) is -4.16. The summed E-state index contributed by atoms with van der Waals surface area (Å²) in [6.07, 6.45) is -0.378. The second kappa shape index (κ2) is 8.70. The quantitative estimate of drug-likeness (QED) is 0.152. The number of aromatic amines is 2. The summed E-state index contributed by atoms with van der Waals surface area (Å²) in [6.45, 7) is 0.0952. The predicted octanol–water partition coefficient (Wildman–Crippen LogP) is 1.99. The number of halogens is 1. The number of nitrogens with zero attached hydrogens (tertiary/aromatic N) is 1. The van der Waals surface area contributed by atoms with Crippen LogP contribution in [0.1, 0.15) is 11.1 Å². The average molecular weight is 487 g/mol. The first kappa shape index (κ1) is 22.5. The monoisotopic (exact) mass is 486 g/mol. The zero-order valence-corrected chi connectivity index (χ0v) is 17.2. The van der Waals surface area contributed by atoms with E-state index in [-0.39, 0.29) is 46.4 Å². The Labute approximate surface area is 172 Å². The number of rotatable bonds is 6. The molecule has 2 aromatic carbocycles. The molecule has 3 rings (SSSR count). The molecule has 0 aliphatic heterocycles. The third kappa shape index (κ3) is 5.61. The van der Waals surface area contributed by atoms with E-state index in [1.54, 1.807) is 24.3 Å². The van der Waals surface area contributed by atoms with Crippen LogP contribution in [0, 0.1) is 10.1 Å². The smallest absolute Gasteiger partial charge is 0.329 e. The van der Waals surface area contributed by atoms with Crippen LogP contribution in [0.4, 0.5) is 11.4 Å². The largest absolute Gasteiger partial charge is 0.381 e. The Kier molecular flexibility index (Phi) is 6.75. The molecule has 3 aromatic rings. The Morgan fingerprint density at radius 1 is 1.07 bits per heavy atom. The molecule has 0 saturated heterocycles. The van der Waals surface area contributed by atoms with Gasteiger partial charge in [0.15, 0.2) is 0 Å². The molecule has 0 amide bonds. The van der Waals surface area contributed by atoms with Gasteiger partial charge in [-0.15, -0.1) is 17.0 Å². The fraction of sp³-hybridized carbons (Fsp3) is 0.125. The Bertz CT molecular complexity index is 1220. The lowest BCUT2D eigenvalue weighted by Crippen LogP contribution is -2.29. The topological polar surface area (TPSA) is 178 Å². The third-order valence-electron chi connectivity index (χ3n) is 3.93. The maximum Gasteiger partial charge on any atom is 0.329 e. The van der Waals surface area contributed by atoms with E-state index in [1.807, 2.05) is 0 Å². The summed E-state index contributed by atoms with van der Waals surface area (Å²) in [6, 6.07) is 8.75. The lowest BCUT2D eigenvalue weighted by atomic mass is 10.1. The molecular formula is C16H16BrN4O7P. The summed E-state index contributed by atoms with van der Waals surface area (Å²) in [5, 5.41) is 14.1. The first-order valence-electron chi connectivity index (χ1n) is 7.93. The second-order valence-electron chi connectivity index (χ2n) is 6.07. The van der Waals surface area contributed by atoms with Crippen molar-refractivity contribution in [1.29, 1.82) is 0 Å². The van der Waals surface area contributed by atoms with Crippen LogP contribution in [-0.2, 0) is 17.3 Å². The molecule has 29 heavy (non-hydrogen) atoms. The number of nitro groups is 1. The highest BCUT2D eigenvalue weighted by molar-refractivity contribution is 8.93. The fourth-order valence-electron chi connectivity index (χ4n) is 2.69. The van der Waals surface area contributed by atoms with Crippen molar-refractivity contribution in [2.45, 2.75) is 12.7 Å². The van der Waals surface area contributed by atoms with Gasteiger partial charge in [0.25, 0.3) is 5.69 Å². The van der Waals surface area contributed by atoms with Crippen LogP contribution in [0.15, 0.2) is 46.0 Å². The van der Waals surface area contributed by atoms with Crippen LogP contribution in [0.5, 0.6) is 0 Å². The number of aromatic nitrogens is 2. The molecule has 1 heterocycles. The van der Waals surface area contributed by atoms with E-state index in [0.717, 1.165) is 6.07 Å². The van der Waals surface area contributed by atoms with Crippen molar-refractivity contribution in [2.75, 3.05) is 5.32 Å². The van der Waals surface area contributed by atoms with Crippen LogP contribution < -0.4 is 16.4 Å². The van der Waals surface area contributed by atoms with Gasteiger partial charge in [0, 0.05) is 29.9 Å². The number of nitrogens with one attached hydrogen (secondary N) is 3. The predicted molar refractivity (Wildman–Crippen MR) is 112 cm³/mol. The first-order valence-corrected chi connectivity index (χ1v) is 9.73. The summed E-state index contributed by atoms with van der Waals surface area (Å²) in [5.74, 6) is 0. The van der Waals surface area contributed by atoms with E-state index in [4.69, 9.17) is 9.79 Å². The highest BCUT2D eigenvalue weighted by Crippen LogP contribution is 2.39. The average Bonchev–Trinajstić information content (AvgIpc) is 2.60. The van der Waals surface area contributed by atoms with E-state index >= 15 is 0 Å². The number of hydrogen-bond acceptors (Lipinski definition) is 6. The van der Waals surface area contributed by atoms with Gasteiger partial charge in [0.1, 0.15) is 0 Å². The maximum atomic E-state index is 11.6. The number of hydrogen-bond donors (Lipinski definition) is 5. The number of fused-ring (bicyclic) bond motifs is 1. The standard InChI is InChI=1S/C16H15N4O7P.BrH/c21-15-16(22)19-14-10(5-12(20(23)24)6-13(14)18-15)7-17-11-3-1-9(2-4-11)8-28(25,26)27;/h1-6,17H,7-8H2,(H,18,21)(H,19,22)(H2,25,26,27);1H. The fourth-order valence-corrected chi connectivity index (χ4v) is 3.38. The van der Waals surface area contributed by atoms with Crippen LogP contribution in [0.3, 0.4) is 0 Å². The molecule has 0 fully saturated rings. The van der Waals surface area contributed by atoms with Crippen LogP contribution >= 0.6 is 24.6 Å². The van der Waals surface area contributed by atoms with Crippen molar-refractivity contribution in [3.05, 3.63) is 78.3 Å². The summed E-state index contributed by atoms with van der Waals surface area (Å²) in [5.41, 5.74) is -0.186. The first-order chi connectivity index (χ1) is 13.1. The minimum atomic E-state index is -4.16. The van der Waals surface area contributed by atoms with E-state index in [0.29, 0.717) is 16.8 Å². The van der Waals surface area contributed by atoms with E-state index in [9.17, 15) is 24.3 Å². The second-order valence-corrected chi connectivity index (χ2v) is 7.71. The van der Waals surface area contributed by atoms with Crippen LogP contribution in [0.2, 0.25) is 0 Å². The third-order valence-corrected chi connectivity index (χ3v) is 4.71. The molecule has 0 bridgehead atoms. The lowest BCUT2D eigenvalue weighted by molar-refractivity contribution is -0.384. The molecule has 5 N–H and O–H groups in total. The Morgan fingerprint density at radius 2 is 1.69 bits per heavy atom. The minimum Gasteiger partial charge on any atom is -0.381 e. The van der Waals surface area contributed by atoms with Gasteiger partial charge in [-0.05, 0) is 17.7 Å². The molecule has 154 valence electrons. The molecule has 0 unspecified atom stereocenters. The number of nitro benzene ring substituents is 1. The van der Waals surface area contributed by atoms with Gasteiger partial charge in [0.2, 0.25) is 0 Å². The Morgan fingerprint density at radius 3 is 2.28 bits per heavy atom. The molecule has 0 spiro atoms. The van der Waals surface area contributed by atoms with Gasteiger partial charge in [-0.1, -0.05) is 12.1 Å². The van der Waals surface area contributed by atoms with Crippen molar-refractivity contribution < 1.29 is 19.3 Å². The van der Waals surface area contributed by atoms with E-state index in [2.05, 4.69) is 15.3 Å². The van der Waals surface area contributed by atoms with Crippen molar-refractivity contribution >= 4 is 47.0 Å². The molecule has 0 saturated carbocycles. The van der Waals surface area contributed by atoms with Gasteiger partial charge in [-0.3, -0.25) is 24.3 Å². The molecule has 0 atom stereocenters. The number of benzene rings is 2. The molecule has 13 heteroatoms. The van der Waals surface area contributed by atoms with Gasteiger partial charge in [-0.2, -0.15) is 0 Å². The van der Waals surface area contributed by atoms with Crippen LogP contribution in [0.25, 0.3) is 11.0 Å². The van der Waals surface area contributed by atoms with Crippen molar-refractivity contribution in [2.24, 2.45) is 0 Å². The Balaban J connectivity index is 0.00000300.